The highest BCUT2D eigenvalue weighted by atomic mass is 16.5. The second-order valence-electron chi connectivity index (χ2n) is 8.76. The summed E-state index contributed by atoms with van der Waals surface area (Å²) in [6.45, 7) is 4.88. The van der Waals surface area contributed by atoms with E-state index in [4.69, 9.17) is 9.47 Å². The van der Waals surface area contributed by atoms with E-state index in [0.717, 1.165) is 56.2 Å². The number of amides is 1. The number of rotatable bonds is 6. The van der Waals surface area contributed by atoms with Gasteiger partial charge in [-0.15, -0.1) is 0 Å². The van der Waals surface area contributed by atoms with Gasteiger partial charge < -0.3 is 14.4 Å². The molecule has 0 radical (unpaired) electrons. The molecule has 1 amide bonds. The molecule has 0 aliphatic carbocycles. The summed E-state index contributed by atoms with van der Waals surface area (Å²) < 4.78 is 10.7. The van der Waals surface area contributed by atoms with Crippen LogP contribution in [-0.4, -0.2) is 56.1 Å². The molecule has 0 aromatic heterocycles. The number of methoxy groups -OCH3 is 2. The number of hydrogen-bond acceptors (Lipinski definition) is 4. The predicted molar refractivity (Wildman–Crippen MR) is 118 cm³/mol. The number of hydrogen-bond donors (Lipinski definition) is 0. The van der Waals surface area contributed by atoms with Gasteiger partial charge in [-0.25, -0.2) is 0 Å². The van der Waals surface area contributed by atoms with Crippen LogP contribution in [-0.2, 0) is 17.8 Å². The van der Waals surface area contributed by atoms with E-state index in [9.17, 15) is 4.79 Å². The fraction of sp³-hybridized carbons (Fsp3) is 0.480. The molecule has 0 bridgehead atoms. The van der Waals surface area contributed by atoms with Gasteiger partial charge in [-0.1, -0.05) is 24.3 Å². The minimum absolute atomic E-state index is 0.227. The zero-order valence-electron chi connectivity index (χ0n) is 18.1. The molecule has 160 valence electrons. The molecule has 2 aromatic carbocycles. The van der Waals surface area contributed by atoms with Gasteiger partial charge >= 0.3 is 0 Å². The van der Waals surface area contributed by atoms with Crippen molar-refractivity contribution in [2.75, 3.05) is 40.4 Å². The molecule has 0 saturated carbocycles. The number of likely N-dealkylation sites (tertiary alicyclic amines) is 2. The fourth-order valence-electron chi connectivity index (χ4n) is 5.02. The summed E-state index contributed by atoms with van der Waals surface area (Å²) in [5, 5.41) is 0. The Labute approximate surface area is 179 Å². The van der Waals surface area contributed by atoms with Gasteiger partial charge in [0.15, 0.2) is 0 Å². The number of carbonyl (C=O) groups is 1. The number of carbonyl (C=O) groups excluding carboxylic acids is 1. The molecule has 5 nitrogen and oxygen atoms in total. The van der Waals surface area contributed by atoms with Crippen LogP contribution in [0.3, 0.4) is 0 Å². The van der Waals surface area contributed by atoms with Crippen molar-refractivity contribution in [2.45, 2.75) is 32.2 Å². The molecule has 2 fully saturated rings. The molecule has 2 saturated heterocycles. The lowest BCUT2D eigenvalue weighted by molar-refractivity contribution is -0.130. The Bertz CT molecular complexity index is 884. The van der Waals surface area contributed by atoms with Gasteiger partial charge in [-0.2, -0.15) is 0 Å². The minimum Gasteiger partial charge on any atom is -0.497 e. The molecule has 1 spiro atoms. The minimum atomic E-state index is 0.227. The van der Waals surface area contributed by atoms with Crippen LogP contribution in [0.25, 0.3) is 0 Å². The third-order valence-corrected chi connectivity index (χ3v) is 6.56. The van der Waals surface area contributed by atoms with Gasteiger partial charge in [0.2, 0.25) is 5.91 Å². The van der Waals surface area contributed by atoms with Gasteiger partial charge in [0, 0.05) is 31.6 Å². The maximum Gasteiger partial charge on any atom is 0.227 e. The maximum absolute atomic E-state index is 12.9. The Morgan fingerprint density at radius 2 is 1.63 bits per heavy atom. The summed E-state index contributed by atoms with van der Waals surface area (Å²) in [5.74, 6) is 1.94. The Morgan fingerprint density at radius 3 is 2.37 bits per heavy atom. The van der Waals surface area contributed by atoms with Gasteiger partial charge in [-0.3, -0.25) is 9.69 Å². The van der Waals surface area contributed by atoms with Gasteiger partial charge in [0.1, 0.15) is 11.5 Å². The monoisotopic (exact) mass is 408 g/mol. The average molecular weight is 409 g/mol. The largest absolute Gasteiger partial charge is 0.497 e. The van der Waals surface area contributed by atoms with E-state index in [-0.39, 0.29) is 11.3 Å². The lowest BCUT2D eigenvalue weighted by Crippen LogP contribution is -2.45. The number of benzene rings is 2. The topological polar surface area (TPSA) is 42.0 Å². The third kappa shape index (κ3) is 4.78. The maximum atomic E-state index is 12.9. The smallest absolute Gasteiger partial charge is 0.227 e. The Balaban J connectivity index is 1.36. The van der Waals surface area contributed by atoms with Crippen LogP contribution in [0.5, 0.6) is 11.5 Å². The SMILES string of the molecule is COc1cccc(CC(=O)N2CC[C@@]3(CCCN(Cc4cccc(OC)c4)C3)C2)c1. The van der Waals surface area contributed by atoms with Crippen molar-refractivity contribution in [1.82, 2.24) is 9.80 Å². The number of ether oxygens (including phenoxy) is 2. The fourth-order valence-corrected chi connectivity index (χ4v) is 5.02. The molecule has 30 heavy (non-hydrogen) atoms. The number of piperidine rings is 1. The standard InChI is InChI=1S/C25H32N2O3/c1-29-22-8-3-6-20(14-22)16-24(28)27-13-11-25(19-27)10-5-12-26(18-25)17-21-7-4-9-23(15-21)30-2/h3-4,6-9,14-15H,5,10-13,16-19H2,1-2H3/t25-/m1/s1. The second-order valence-corrected chi connectivity index (χ2v) is 8.76. The van der Waals surface area contributed by atoms with E-state index in [0.29, 0.717) is 6.42 Å². The first-order valence-electron chi connectivity index (χ1n) is 10.9. The van der Waals surface area contributed by atoms with Crippen LogP contribution >= 0.6 is 0 Å². The normalized spacial score (nSPS) is 21.7. The molecule has 4 rings (SSSR count). The Hall–Kier alpha value is -2.53. The molecule has 0 N–H and O–H groups in total. The average Bonchev–Trinajstić information content (AvgIpc) is 3.17. The molecule has 0 unspecified atom stereocenters. The van der Waals surface area contributed by atoms with Crippen molar-refractivity contribution >= 4 is 5.91 Å². The first-order chi connectivity index (χ1) is 14.6. The molecule has 2 heterocycles. The van der Waals surface area contributed by atoms with Crippen LogP contribution in [0.15, 0.2) is 48.5 Å². The first-order valence-corrected chi connectivity index (χ1v) is 10.9. The summed E-state index contributed by atoms with van der Waals surface area (Å²) in [5.41, 5.74) is 2.54. The number of nitrogens with zero attached hydrogens (tertiary/aromatic N) is 2. The van der Waals surface area contributed by atoms with E-state index in [1.807, 2.05) is 30.3 Å². The molecular formula is C25H32N2O3. The first kappa shape index (κ1) is 20.7. The van der Waals surface area contributed by atoms with E-state index < -0.39 is 0 Å². The highest BCUT2D eigenvalue weighted by Gasteiger charge is 2.42. The lowest BCUT2D eigenvalue weighted by Gasteiger charge is -2.40. The Morgan fingerprint density at radius 1 is 0.933 bits per heavy atom. The highest BCUT2D eigenvalue weighted by molar-refractivity contribution is 5.79. The van der Waals surface area contributed by atoms with Crippen molar-refractivity contribution in [3.63, 3.8) is 0 Å². The quantitative estimate of drug-likeness (QED) is 0.730. The van der Waals surface area contributed by atoms with Crippen molar-refractivity contribution in [3.8, 4) is 11.5 Å². The van der Waals surface area contributed by atoms with Crippen molar-refractivity contribution in [3.05, 3.63) is 59.7 Å². The molecule has 2 aliphatic rings. The molecule has 2 aromatic rings. The molecule has 1 atom stereocenters. The summed E-state index contributed by atoms with van der Waals surface area (Å²) >= 11 is 0. The summed E-state index contributed by atoms with van der Waals surface area (Å²) in [6.07, 6.45) is 3.96. The van der Waals surface area contributed by atoms with Crippen LogP contribution in [0.1, 0.15) is 30.4 Å². The predicted octanol–water partition coefficient (Wildman–Crippen LogP) is 3.76. The molecular weight excluding hydrogens is 376 g/mol. The van der Waals surface area contributed by atoms with Crippen LogP contribution in [0.2, 0.25) is 0 Å². The van der Waals surface area contributed by atoms with Crippen LogP contribution < -0.4 is 9.47 Å². The van der Waals surface area contributed by atoms with Crippen LogP contribution in [0, 0.1) is 5.41 Å². The second kappa shape index (κ2) is 9.09. The van der Waals surface area contributed by atoms with Gasteiger partial charge in [-0.05, 0) is 61.2 Å². The van der Waals surface area contributed by atoms with Crippen molar-refractivity contribution in [1.29, 1.82) is 0 Å². The Kier molecular flexibility index (Phi) is 6.28. The summed E-state index contributed by atoms with van der Waals surface area (Å²) in [6, 6.07) is 16.2. The van der Waals surface area contributed by atoms with Crippen molar-refractivity contribution in [2.24, 2.45) is 5.41 Å². The zero-order valence-corrected chi connectivity index (χ0v) is 18.1. The van der Waals surface area contributed by atoms with Crippen molar-refractivity contribution < 1.29 is 14.3 Å². The van der Waals surface area contributed by atoms with Gasteiger partial charge in [0.05, 0.1) is 20.6 Å². The third-order valence-electron chi connectivity index (χ3n) is 6.56. The van der Waals surface area contributed by atoms with Crippen LogP contribution in [0.4, 0.5) is 0 Å². The zero-order chi connectivity index (χ0) is 21.0. The van der Waals surface area contributed by atoms with E-state index in [1.54, 1.807) is 14.2 Å². The summed E-state index contributed by atoms with van der Waals surface area (Å²) in [7, 11) is 3.37. The van der Waals surface area contributed by atoms with E-state index >= 15 is 0 Å². The van der Waals surface area contributed by atoms with E-state index in [2.05, 4.69) is 28.0 Å². The van der Waals surface area contributed by atoms with E-state index in [1.165, 1.54) is 18.4 Å². The molecule has 2 aliphatic heterocycles. The highest BCUT2D eigenvalue weighted by Crippen LogP contribution is 2.39. The van der Waals surface area contributed by atoms with Gasteiger partial charge in [0.25, 0.3) is 0 Å². The summed E-state index contributed by atoms with van der Waals surface area (Å²) in [4.78, 5) is 17.6. The molecule has 5 heteroatoms. The lowest BCUT2D eigenvalue weighted by atomic mass is 9.79.